The van der Waals surface area contributed by atoms with Crippen LogP contribution < -0.4 is 24.3 Å². The minimum Gasteiger partial charge on any atom is -0.497 e. The number of benzene rings is 3. The van der Waals surface area contributed by atoms with Gasteiger partial charge in [0, 0.05) is 13.0 Å². The molecule has 0 saturated heterocycles. The van der Waals surface area contributed by atoms with Crippen LogP contribution in [0.5, 0.6) is 23.0 Å². The molecule has 1 heterocycles. The molecular formula is C29H33N3O5. The summed E-state index contributed by atoms with van der Waals surface area (Å²) in [5.41, 5.74) is 2.90. The highest BCUT2D eigenvalue weighted by Gasteiger charge is 2.12. The third-order valence-electron chi connectivity index (χ3n) is 6.09. The molecule has 3 aromatic carbocycles. The van der Waals surface area contributed by atoms with E-state index in [1.54, 1.807) is 21.3 Å². The number of rotatable bonds is 13. The van der Waals surface area contributed by atoms with E-state index in [1.165, 1.54) is 0 Å². The summed E-state index contributed by atoms with van der Waals surface area (Å²) in [4.78, 5) is 17.3. The van der Waals surface area contributed by atoms with Gasteiger partial charge in [-0.3, -0.25) is 4.79 Å². The second-order valence-electron chi connectivity index (χ2n) is 8.51. The van der Waals surface area contributed by atoms with Crippen molar-refractivity contribution in [1.82, 2.24) is 14.9 Å². The topological polar surface area (TPSA) is 83.8 Å². The molecule has 194 valence electrons. The third-order valence-corrected chi connectivity index (χ3v) is 6.09. The lowest BCUT2D eigenvalue weighted by molar-refractivity contribution is -0.120. The van der Waals surface area contributed by atoms with E-state index in [2.05, 4.69) is 16.0 Å². The lowest BCUT2D eigenvalue weighted by Crippen LogP contribution is -2.26. The highest BCUT2D eigenvalue weighted by Crippen LogP contribution is 2.27. The van der Waals surface area contributed by atoms with Crippen LogP contribution in [0.1, 0.15) is 17.8 Å². The van der Waals surface area contributed by atoms with Crippen LogP contribution in [0.3, 0.4) is 0 Å². The summed E-state index contributed by atoms with van der Waals surface area (Å²) in [5, 5.41) is 3.01. The van der Waals surface area contributed by atoms with Crippen LogP contribution in [-0.2, 0) is 24.2 Å². The number of fused-ring (bicyclic) bond motifs is 1. The first-order valence-electron chi connectivity index (χ1n) is 12.3. The van der Waals surface area contributed by atoms with Crippen molar-refractivity contribution < 1.29 is 23.7 Å². The van der Waals surface area contributed by atoms with Crippen LogP contribution in [0.4, 0.5) is 0 Å². The number of nitrogens with one attached hydrogen (secondary N) is 1. The number of hydrogen-bond acceptors (Lipinski definition) is 6. The Hall–Kier alpha value is -4.20. The molecular weight excluding hydrogens is 470 g/mol. The second-order valence-corrected chi connectivity index (χ2v) is 8.51. The van der Waals surface area contributed by atoms with E-state index in [0.29, 0.717) is 31.2 Å². The lowest BCUT2D eigenvalue weighted by Gasteiger charge is -2.12. The van der Waals surface area contributed by atoms with Gasteiger partial charge in [-0.1, -0.05) is 18.2 Å². The van der Waals surface area contributed by atoms with Gasteiger partial charge in [0.15, 0.2) is 11.5 Å². The molecule has 1 amide bonds. The molecule has 37 heavy (non-hydrogen) atoms. The van der Waals surface area contributed by atoms with Gasteiger partial charge in [-0.05, 0) is 60.5 Å². The molecule has 4 aromatic rings. The van der Waals surface area contributed by atoms with Crippen LogP contribution in [0, 0.1) is 0 Å². The number of hydrogen-bond donors (Lipinski definition) is 1. The average Bonchev–Trinajstić information content (AvgIpc) is 3.28. The fourth-order valence-electron chi connectivity index (χ4n) is 4.21. The minimum atomic E-state index is -0.0337. The fourth-order valence-corrected chi connectivity index (χ4v) is 4.21. The van der Waals surface area contributed by atoms with Gasteiger partial charge in [0.25, 0.3) is 0 Å². The Morgan fingerprint density at radius 3 is 2.41 bits per heavy atom. The van der Waals surface area contributed by atoms with Gasteiger partial charge in [-0.2, -0.15) is 0 Å². The van der Waals surface area contributed by atoms with Crippen molar-refractivity contribution in [3.8, 4) is 23.0 Å². The summed E-state index contributed by atoms with van der Waals surface area (Å²) in [6.07, 6.45) is 1.80. The number of nitrogens with zero attached hydrogens (tertiary/aromatic N) is 2. The van der Waals surface area contributed by atoms with E-state index >= 15 is 0 Å². The number of aromatic nitrogens is 2. The predicted molar refractivity (Wildman–Crippen MR) is 143 cm³/mol. The molecule has 0 aliphatic rings. The Bertz CT molecular complexity index is 1320. The third kappa shape index (κ3) is 6.73. The molecule has 0 bridgehead atoms. The summed E-state index contributed by atoms with van der Waals surface area (Å²) in [7, 11) is 4.82. The first-order chi connectivity index (χ1) is 18.1. The van der Waals surface area contributed by atoms with Gasteiger partial charge < -0.3 is 28.8 Å². The van der Waals surface area contributed by atoms with Crippen molar-refractivity contribution in [2.24, 2.45) is 0 Å². The summed E-state index contributed by atoms with van der Waals surface area (Å²) in [6.45, 7) is 1.76. The first kappa shape index (κ1) is 25.9. The zero-order valence-electron chi connectivity index (χ0n) is 21.5. The van der Waals surface area contributed by atoms with Gasteiger partial charge >= 0.3 is 0 Å². The molecule has 8 heteroatoms. The maximum atomic E-state index is 12.5. The zero-order chi connectivity index (χ0) is 26.0. The number of amides is 1. The van der Waals surface area contributed by atoms with Crippen LogP contribution in [0.15, 0.2) is 66.7 Å². The van der Waals surface area contributed by atoms with Crippen molar-refractivity contribution in [1.29, 1.82) is 0 Å². The number of carbonyl (C=O) groups is 1. The van der Waals surface area contributed by atoms with E-state index in [9.17, 15) is 4.79 Å². The molecule has 0 aliphatic carbocycles. The summed E-state index contributed by atoms with van der Waals surface area (Å²) >= 11 is 0. The van der Waals surface area contributed by atoms with Crippen LogP contribution in [0.25, 0.3) is 11.0 Å². The Morgan fingerprint density at radius 2 is 1.65 bits per heavy atom. The van der Waals surface area contributed by atoms with Gasteiger partial charge in [-0.25, -0.2) is 4.98 Å². The average molecular weight is 504 g/mol. The molecule has 4 rings (SSSR count). The summed E-state index contributed by atoms with van der Waals surface area (Å²) < 4.78 is 23.9. The standard InChI is InChI=1S/C29H33N3O5/c1-34-22-11-13-23(14-12-22)37-18-17-32-25-8-5-4-7-24(25)31-28(32)9-6-16-30-29(33)20-21-10-15-26(35-2)27(19-21)36-3/h4-5,7-8,10-15,19H,6,9,16-18,20H2,1-3H3,(H,30,33). The smallest absolute Gasteiger partial charge is 0.224 e. The molecule has 0 unspecified atom stereocenters. The zero-order valence-corrected chi connectivity index (χ0v) is 21.5. The van der Waals surface area contributed by atoms with Gasteiger partial charge in [0.05, 0.1) is 45.3 Å². The molecule has 1 aromatic heterocycles. The van der Waals surface area contributed by atoms with E-state index in [4.69, 9.17) is 23.9 Å². The number of ether oxygens (including phenoxy) is 4. The Labute approximate surface area is 217 Å². The fraction of sp³-hybridized carbons (Fsp3) is 0.310. The van der Waals surface area contributed by atoms with Crippen molar-refractivity contribution in [2.45, 2.75) is 25.8 Å². The highest BCUT2D eigenvalue weighted by atomic mass is 16.5. The lowest BCUT2D eigenvalue weighted by atomic mass is 10.1. The van der Waals surface area contributed by atoms with Gasteiger partial charge in [0.1, 0.15) is 23.9 Å². The summed E-state index contributed by atoms with van der Waals surface area (Å²) in [5.74, 6) is 3.80. The van der Waals surface area contributed by atoms with Gasteiger partial charge in [-0.15, -0.1) is 0 Å². The molecule has 8 nitrogen and oxygen atoms in total. The van der Waals surface area contributed by atoms with Crippen molar-refractivity contribution in [3.63, 3.8) is 0 Å². The van der Waals surface area contributed by atoms with Gasteiger partial charge in [0.2, 0.25) is 5.91 Å². The van der Waals surface area contributed by atoms with Crippen molar-refractivity contribution in [3.05, 3.63) is 78.1 Å². The molecule has 0 fully saturated rings. The van der Waals surface area contributed by atoms with E-state index in [1.807, 2.05) is 60.7 Å². The number of carbonyl (C=O) groups excluding carboxylic acids is 1. The molecule has 0 radical (unpaired) electrons. The molecule has 0 aliphatic heterocycles. The van der Waals surface area contributed by atoms with Crippen molar-refractivity contribution >= 4 is 16.9 Å². The Balaban J connectivity index is 1.30. The Kier molecular flexibility index (Phi) is 8.86. The maximum Gasteiger partial charge on any atom is 0.224 e. The maximum absolute atomic E-state index is 12.5. The first-order valence-corrected chi connectivity index (χ1v) is 12.3. The normalized spacial score (nSPS) is 10.8. The van der Waals surface area contributed by atoms with E-state index < -0.39 is 0 Å². The van der Waals surface area contributed by atoms with Crippen LogP contribution >= 0.6 is 0 Å². The SMILES string of the molecule is COc1ccc(OCCn2c(CCCNC(=O)Cc3ccc(OC)c(OC)c3)nc3ccccc32)cc1. The molecule has 0 atom stereocenters. The predicted octanol–water partition coefficient (Wildman–Crippen LogP) is 4.43. The Morgan fingerprint density at radius 1 is 0.892 bits per heavy atom. The second kappa shape index (κ2) is 12.7. The van der Waals surface area contributed by atoms with Crippen LogP contribution in [0.2, 0.25) is 0 Å². The summed E-state index contributed by atoms with van der Waals surface area (Å²) in [6, 6.07) is 21.2. The number of methoxy groups -OCH3 is 3. The van der Waals surface area contributed by atoms with E-state index in [-0.39, 0.29) is 12.3 Å². The number of para-hydroxylation sites is 2. The minimum absolute atomic E-state index is 0.0337. The number of aryl methyl sites for hydroxylation is 1. The largest absolute Gasteiger partial charge is 0.497 e. The van der Waals surface area contributed by atoms with Crippen LogP contribution in [-0.4, -0.2) is 49.9 Å². The molecule has 0 spiro atoms. The number of imidazole rings is 1. The highest BCUT2D eigenvalue weighted by molar-refractivity contribution is 5.79. The quantitative estimate of drug-likeness (QED) is 0.272. The van der Waals surface area contributed by atoms with E-state index in [0.717, 1.165) is 46.8 Å². The monoisotopic (exact) mass is 503 g/mol. The van der Waals surface area contributed by atoms with Crippen molar-refractivity contribution in [2.75, 3.05) is 34.5 Å². The molecule has 1 N–H and O–H groups in total. The molecule has 0 saturated carbocycles.